The molecule has 0 bridgehead atoms. The molecule has 0 saturated heterocycles. The number of phenols is 2. The molecule has 1 aliphatic rings. The van der Waals surface area contributed by atoms with Gasteiger partial charge in [0.1, 0.15) is 5.60 Å². The first-order chi connectivity index (χ1) is 10.7. The van der Waals surface area contributed by atoms with Gasteiger partial charge in [-0.05, 0) is 51.7 Å². The molecule has 0 aromatic heterocycles. The molecule has 1 aromatic carbocycles. The molecule has 1 aromatic rings. The summed E-state index contributed by atoms with van der Waals surface area (Å²) in [5.41, 5.74) is 1.04. The van der Waals surface area contributed by atoms with E-state index >= 15 is 0 Å². The van der Waals surface area contributed by atoms with Crippen LogP contribution in [0.15, 0.2) is 12.1 Å². The molecule has 1 unspecified atom stereocenters. The number of benzene rings is 1. The van der Waals surface area contributed by atoms with Crippen molar-refractivity contribution in [2.24, 2.45) is 0 Å². The van der Waals surface area contributed by atoms with E-state index in [-0.39, 0.29) is 30.7 Å². The van der Waals surface area contributed by atoms with Crippen molar-refractivity contribution in [3.8, 4) is 11.5 Å². The number of carbonyl (C=O) groups excluding carboxylic acids is 1. The molecule has 3 N–H and O–H groups in total. The maximum absolute atomic E-state index is 12.4. The third-order valence-corrected chi connectivity index (χ3v) is 3.95. The molecule has 0 radical (unpaired) electrons. The number of hydrogen-bond acceptors (Lipinski definition) is 5. The van der Waals surface area contributed by atoms with Crippen molar-refractivity contribution in [3.63, 3.8) is 0 Å². The van der Waals surface area contributed by atoms with Gasteiger partial charge in [-0.25, -0.2) is 4.79 Å². The van der Waals surface area contributed by atoms with E-state index in [0.29, 0.717) is 19.3 Å². The summed E-state index contributed by atoms with van der Waals surface area (Å²) >= 11 is 0. The second-order valence-electron chi connectivity index (χ2n) is 6.86. The minimum Gasteiger partial charge on any atom is -0.504 e. The number of hydrogen-bond donors (Lipinski definition) is 3. The van der Waals surface area contributed by atoms with Gasteiger partial charge >= 0.3 is 6.09 Å². The lowest BCUT2D eigenvalue weighted by Crippen LogP contribution is -2.47. The first-order valence-electron chi connectivity index (χ1n) is 7.86. The molecule has 0 aliphatic heterocycles. The fourth-order valence-corrected chi connectivity index (χ4v) is 2.92. The minimum atomic E-state index is -0.596. The fourth-order valence-electron chi connectivity index (χ4n) is 2.92. The van der Waals surface area contributed by atoms with Crippen LogP contribution in [-0.2, 0) is 17.6 Å². The van der Waals surface area contributed by atoms with Crippen LogP contribution in [0, 0.1) is 0 Å². The van der Waals surface area contributed by atoms with Crippen molar-refractivity contribution in [3.05, 3.63) is 23.3 Å². The van der Waals surface area contributed by atoms with Crippen LogP contribution in [-0.4, -0.2) is 51.1 Å². The van der Waals surface area contributed by atoms with E-state index in [4.69, 9.17) is 4.74 Å². The molecule has 128 valence electrons. The Hall–Kier alpha value is -1.95. The highest BCUT2D eigenvalue weighted by atomic mass is 16.6. The topological polar surface area (TPSA) is 90.2 Å². The Bertz CT molecular complexity index is 579. The van der Waals surface area contributed by atoms with E-state index in [0.717, 1.165) is 11.1 Å². The Labute approximate surface area is 136 Å². The number of aliphatic hydroxyl groups is 1. The highest BCUT2D eigenvalue weighted by Gasteiger charge is 2.31. The van der Waals surface area contributed by atoms with E-state index in [1.165, 1.54) is 6.07 Å². The summed E-state index contributed by atoms with van der Waals surface area (Å²) in [6, 6.07) is 3.12. The molecule has 0 heterocycles. The maximum Gasteiger partial charge on any atom is 0.410 e. The Morgan fingerprint density at radius 3 is 2.65 bits per heavy atom. The third-order valence-electron chi connectivity index (χ3n) is 3.95. The largest absolute Gasteiger partial charge is 0.504 e. The highest BCUT2D eigenvalue weighted by Crippen LogP contribution is 2.36. The van der Waals surface area contributed by atoms with Crippen LogP contribution >= 0.6 is 0 Å². The summed E-state index contributed by atoms with van der Waals surface area (Å²) in [5, 5.41) is 28.8. The lowest BCUT2D eigenvalue weighted by molar-refractivity contribution is 0.0108. The lowest BCUT2D eigenvalue weighted by atomic mass is 9.86. The van der Waals surface area contributed by atoms with Gasteiger partial charge < -0.3 is 25.0 Å². The predicted octanol–water partition coefficient (Wildman–Crippen LogP) is 2.18. The quantitative estimate of drug-likeness (QED) is 0.742. The zero-order valence-corrected chi connectivity index (χ0v) is 13.9. The van der Waals surface area contributed by atoms with Crippen LogP contribution in [0.2, 0.25) is 0 Å². The Balaban J connectivity index is 2.18. The van der Waals surface area contributed by atoms with Crippen molar-refractivity contribution in [2.75, 3.05) is 13.2 Å². The summed E-state index contributed by atoms with van der Waals surface area (Å²) in [6.45, 7) is 5.49. The van der Waals surface area contributed by atoms with E-state index in [1.807, 2.05) is 0 Å². The first kappa shape index (κ1) is 17.4. The molecule has 1 atom stereocenters. The van der Waals surface area contributed by atoms with Crippen molar-refractivity contribution < 1.29 is 24.9 Å². The number of amides is 1. The van der Waals surface area contributed by atoms with Crippen molar-refractivity contribution in [1.82, 2.24) is 4.90 Å². The van der Waals surface area contributed by atoms with E-state index in [9.17, 15) is 20.1 Å². The molecule has 2 rings (SSSR count). The lowest BCUT2D eigenvalue weighted by Gasteiger charge is -2.36. The number of ether oxygens (including phenoxy) is 1. The maximum atomic E-state index is 12.4. The minimum absolute atomic E-state index is 0.0769. The number of aromatic hydroxyl groups is 2. The molecule has 1 aliphatic carbocycles. The summed E-state index contributed by atoms with van der Waals surface area (Å²) in [6.07, 6.45) is 1.32. The van der Waals surface area contributed by atoms with Gasteiger partial charge in [0.05, 0.1) is 6.61 Å². The number of rotatable bonds is 3. The van der Waals surface area contributed by atoms with Gasteiger partial charge in [-0.15, -0.1) is 0 Å². The van der Waals surface area contributed by atoms with Crippen LogP contribution in [0.1, 0.15) is 38.3 Å². The molecule has 23 heavy (non-hydrogen) atoms. The third kappa shape index (κ3) is 4.07. The first-order valence-corrected chi connectivity index (χ1v) is 7.86. The summed E-state index contributed by atoms with van der Waals surface area (Å²) in [5.74, 6) is -0.200. The average Bonchev–Trinajstić information content (AvgIpc) is 2.46. The Morgan fingerprint density at radius 1 is 1.35 bits per heavy atom. The van der Waals surface area contributed by atoms with Crippen LogP contribution in [0.5, 0.6) is 11.5 Å². The monoisotopic (exact) mass is 323 g/mol. The molecule has 0 fully saturated rings. The van der Waals surface area contributed by atoms with Crippen molar-refractivity contribution in [1.29, 1.82) is 0 Å². The molecular weight excluding hydrogens is 298 g/mol. The summed E-state index contributed by atoms with van der Waals surface area (Å²) in [7, 11) is 0. The SMILES string of the molecule is CC(C)(C)OC(=O)N(CCO)C1CCc2c(ccc(O)c2O)C1. The normalized spacial score (nSPS) is 17.5. The van der Waals surface area contributed by atoms with Gasteiger partial charge in [0.15, 0.2) is 11.5 Å². The van der Waals surface area contributed by atoms with Gasteiger partial charge in [-0.2, -0.15) is 0 Å². The van der Waals surface area contributed by atoms with Crippen molar-refractivity contribution in [2.45, 2.75) is 51.7 Å². The van der Waals surface area contributed by atoms with E-state index in [1.54, 1.807) is 31.7 Å². The number of carbonyl (C=O) groups is 1. The summed E-state index contributed by atoms with van der Waals surface area (Å²) in [4.78, 5) is 13.9. The van der Waals surface area contributed by atoms with Gasteiger partial charge in [-0.1, -0.05) is 6.07 Å². The van der Waals surface area contributed by atoms with Crippen LogP contribution in [0.3, 0.4) is 0 Å². The van der Waals surface area contributed by atoms with Crippen LogP contribution in [0.25, 0.3) is 0 Å². The number of aliphatic hydroxyl groups excluding tert-OH is 1. The van der Waals surface area contributed by atoms with E-state index < -0.39 is 11.7 Å². The van der Waals surface area contributed by atoms with Crippen LogP contribution in [0.4, 0.5) is 4.79 Å². The highest BCUT2D eigenvalue weighted by molar-refractivity contribution is 5.69. The Kier molecular flexibility index (Phi) is 5.04. The molecule has 6 nitrogen and oxygen atoms in total. The molecular formula is C17H25NO5. The van der Waals surface area contributed by atoms with Gasteiger partial charge in [0.25, 0.3) is 0 Å². The van der Waals surface area contributed by atoms with Crippen molar-refractivity contribution >= 4 is 6.09 Å². The molecule has 1 amide bonds. The zero-order chi connectivity index (χ0) is 17.2. The standard InChI is InChI=1S/C17H25NO5/c1-17(2,3)23-16(22)18(8-9-19)12-5-6-13-11(10-12)4-7-14(20)15(13)21/h4,7,12,19-21H,5-6,8-10H2,1-3H3. The second kappa shape index (κ2) is 6.66. The number of fused-ring (bicyclic) bond motifs is 1. The smallest absolute Gasteiger partial charge is 0.410 e. The van der Waals surface area contributed by atoms with E-state index in [2.05, 4.69) is 0 Å². The Morgan fingerprint density at radius 2 is 2.04 bits per heavy atom. The fraction of sp³-hybridized carbons (Fsp3) is 0.588. The second-order valence-corrected chi connectivity index (χ2v) is 6.86. The number of nitrogens with zero attached hydrogens (tertiary/aromatic N) is 1. The number of phenolic OH excluding ortho intramolecular Hbond substituents is 2. The molecule has 0 saturated carbocycles. The van der Waals surface area contributed by atoms with Gasteiger partial charge in [-0.3, -0.25) is 0 Å². The van der Waals surface area contributed by atoms with Gasteiger partial charge in [0, 0.05) is 18.2 Å². The molecule has 6 heteroatoms. The predicted molar refractivity (Wildman–Crippen MR) is 85.6 cm³/mol. The average molecular weight is 323 g/mol. The molecule has 0 spiro atoms. The van der Waals surface area contributed by atoms with Crippen LogP contribution < -0.4 is 0 Å². The summed E-state index contributed by atoms with van der Waals surface area (Å²) < 4.78 is 5.42. The zero-order valence-electron chi connectivity index (χ0n) is 13.9. The van der Waals surface area contributed by atoms with Gasteiger partial charge in [0.2, 0.25) is 0 Å².